The predicted octanol–water partition coefficient (Wildman–Crippen LogP) is 1.58. The van der Waals surface area contributed by atoms with Crippen LogP contribution < -0.4 is 0 Å². The molecule has 23 heavy (non-hydrogen) atoms. The van der Waals surface area contributed by atoms with E-state index in [9.17, 15) is 5.11 Å². The molecule has 3 heterocycles. The number of hydrogen-bond donors (Lipinski definition) is 1. The third-order valence-electron chi connectivity index (χ3n) is 4.13. The first-order valence-electron chi connectivity index (χ1n) is 6.66. The van der Waals surface area contributed by atoms with Crippen LogP contribution in [0, 0.1) is 0 Å². The van der Waals surface area contributed by atoms with Crippen molar-refractivity contribution in [2.45, 2.75) is 24.3 Å². The zero-order valence-electron chi connectivity index (χ0n) is 11.9. The summed E-state index contributed by atoms with van der Waals surface area (Å²) in [5, 5.41) is 10.1. The van der Waals surface area contributed by atoms with Crippen molar-refractivity contribution >= 4 is 60.3 Å². The van der Waals surface area contributed by atoms with E-state index in [4.69, 9.17) is 20.6 Å². The fourth-order valence-corrected chi connectivity index (χ4v) is 5.04. The summed E-state index contributed by atoms with van der Waals surface area (Å²) in [4.78, 5) is 8.40. The number of nitrogens with zero attached hydrogens (tertiary/aromatic N) is 4. The fraction of sp³-hybridized carbons (Fsp3) is 0.455. The van der Waals surface area contributed by atoms with Gasteiger partial charge in [-0.15, -0.1) is 0 Å². The molecule has 0 radical (unpaired) electrons. The highest BCUT2D eigenvalue weighted by Gasteiger charge is 2.49. The summed E-state index contributed by atoms with van der Waals surface area (Å²) in [6, 6.07) is -0.413. The van der Waals surface area contributed by atoms with Crippen molar-refractivity contribution in [1.82, 2.24) is 19.0 Å². The highest BCUT2D eigenvalue weighted by molar-refractivity contribution is 7.15. The van der Waals surface area contributed by atoms with Crippen LogP contribution in [0.5, 0.6) is 0 Å². The molecule has 0 amide bonds. The number of fused-ring (bicyclic) bond motifs is 1. The van der Waals surface area contributed by atoms with E-state index in [1.54, 1.807) is 0 Å². The highest BCUT2D eigenvalue weighted by atomic mass is 35.5. The van der Waals surface area contributed by atoms with Gasteiger partial charge in [-0.2, -0.15) is 0 Å². The van der Waals surface area contributed by atoms with Crippen molar-refractivity contribution in [1.29, 1.82) is 0 Å². The van der Waals surface area contributed by atoms with Gasteiger partial charge >= 0.3 is 0 Å². The second-order valence-electron chi connectivity index (χ2n) is 5.20. The smallest absolute Gasteiger partial charge is 0.156 e. The second kappa shape index (κ2) is 7.38. The molecule has 8 atom stereocenters. The zero-order chi connectivity index (χ0) is 16.7. The summed E-state index contributed by atoms with van der Waals surface area (Å²) >= 11 is 6.19. The van der Waals surface area contributed by atoms with Gasteiger partial charge in [-0.05, 0) is 9.39 Å². The Hall–Kier alpha value is 0.470. The van der Waals surface area contributed by atoms with Crippen LogP contribution in [0.3, 0.4) is 0 Å². The first-order valence-corrected chi connectivity index (χ1v) is 9.02. The molecule has 1 aliphatic rings. The normalized spacial score (nSPS) is 28.8. The Balaban J connectivity index is 2.15. The topological polar surface area (TPSA) is 72.6 Å². The molecule has 1 N–H and O–H groups in total. The third-order valence-corrected chi connectivity index (χ3v) is 6.14. The monoisotopic (exact) mass is 412 g/mol. The van der Waals surface area contributed by atoms with Gasteiger partial charge in [0.1, 0.15) is 24.1 Å². The van der Waals surface area contributed by atoms with Gasteiger partial charge < -0.3 is 18.5 Å². The maximum Gasteiger partial charge on any atom is 0.156 e. The highest BCUT2D eigenvalue weighted by Crippen LogP contribution is 2.46. The van der Waals surface area contributed by atoms with Crippen LogP contribution in [-0.2, 0) is 9.05 Å². The molecule has 7 nitrogen and oxygen atoms in total. The second-order valence-corrected chi connectivity index (χ2v) is 7.25. The Labute approximate surface area is 147 Å². The van der Waals surface area contributed by atoms with Crippen LogP contribution in [0.25, 0.3) is 11.0 Å². The molecule has 0 saturated carbocycles. The average Bonchev–Trinajstić information content (AvgIpc) is 3.01. The maximum atomic E-state index is 9.72. The van der Waals surface area contributed by atoms with Crippen molar-refractivity contribution in [3.63, 3.8) is 0 Å². The lowest BCUT2D eigenvalue weighted by molar-refractivity contribution is 0.0754. The number of aliphatic hydroxyl groups excluding tert-OH is 1. The van der Waals surface area contributed by atoms with E-state index in [1.807, 2.05) is 15.2 Å². The van der Waals surface area contributed by atoms with Crippen LogP contribution in [0.2, 0.25) is 5.15 Å². The molecular weight excluding hydrogens is 395 g/mol. The van der Waals surface area contributed by atoms with Crippen LogP contribution in [0.1, 0.15) is 11.6 Å². The van der Waals surface area contributed by atoms with Crippen LogP contribution in [-0.4, -0.2) is 48.9 Å². The number of hydrogen-bond acceptors (Lipinski definition) is 6. The SMILES string of the molecule is OC[C@@H]1[C@@H](OP)[C@@H](OP)[C@H](c2cn(P)c3c(Cl)ncnc23)N1P. The molecule has 1 fully saturated rings. The molecule has 3 rings (SSSR count). The van der Waals surface area contributed by atoms with Crippen molar-refractivity contribution in [2.75, 3.05) is 6.61 Å². The molecule has 126 valence electrons. The minimum Gasteiger partial charge on any atom is -0.395 e. The van der Waals surface area contributed by atoms with E-state index in [1.165, 1.54) is 6.33 Å². The lowest BCUT2D eigenvalue weighted by Gasteiger charge is -2.24. The molecule has 2 aromatic rings. The summed E-state index contributed by atoms with van der Waals surface area (Å²) in [5.41, 5.74) is 2.39. The van der Waals surface area contributed by atoms with E-state index in [-0.39, 0.29) is 30.9 Å². The van der Waals surface area contributed by atoms with E-state index < -0.39 is 0 Å². The van der Waals surface area contributed by atoms with Gasteiger partial charge in [0.25, 0.3) is 0 Å². The maximum absolute atomic E-state index is 9.72. The summed E-state index contributed by atoms with van der Waals surface area (Å²) < 4.78 is 14.8. The average molecular weight is 413 g/mol. The zero-order valence-corrected chi connectivity index (χ0v) is 17.3. The Morgan fingerprint density at radius 2 is 1.91 bits per heavy atom. The summed E-state index contributed by atoms with van der Waals surface area (Å²) in [6.07, 6.45) is 2.74. The van der Waals surface area contributed by atoms with Crippen LogP contribution in [0.4, 0.5) is 0 Å². The molecule has 0 spiro atoms. The van der Waals surface area contributed by atoms with Gasteiger partial charge in [0.2, 0.25) is 0 Å². The minimum absolute atomic E-state index is 0.0567. The molecule has 1 aliphatic heterocycles. The molecule has 2 aromatic heterocycles. The minimum atomic E-state index is -0.315. The van der Waals surface area contributed by atoms with E-state index in [2.05, 4.69) is 47.7 Å². The molecule has 0 aliphatic carbocycles. The van der Waals surface area contributed by atoms with Crippen molar-refractivity contribution < 1.29 is 14.2 Å². The van der Waals surface area contributed by atoms with Crippen molar-refractivity contribution in [3.05, 3.63) is 23.2 Å². The molecular formula is C11H17ClN4O3P4. The first kappa shape index (κ1) is 18.3. The van der Waals surface area contributed by atoms with Gasteiger partial charge in [-0.1, -0.05) is 21.0 Å². The quantitative estimate of drug-likeness (QED) is 0.607. The van der Waals surface area contributed by atoms with E-state index in [0.29, 0.717) is 5.15 Å². The Kier molecular flexibility index (Phi) is 5.86. The van der Waals surface area contributed by atoms with Crippen LogP contribution in [0.15, 0.2) is 12.5 Å². The number of rotatable bonds is 4. The Morgan fingerprint density at radius 3 is 2.52 bits per heavy atom. The predicted molar refractivity (Wildman–Crippen MR) is 102 cm³/mol. The number of aliphatic hydroxyl groups is 1. The van der Waals surface area contributed by atoms with Gasteiger partial charge in [0.05, 0.1) is 24.2 Å². The lowest BCUT2D eigenvalue weighted by Crippen LogP contribution is -2.35. The third kappa shape index (κ3) is 2.95. The largest absolute Gasteiger partial charge is 0.395 e. The van der Waals surface area contributed by atoms with E-state index >= 15 is 0 Å². The summed E-state index contributed by atoms with van der Waals surface area (Å²) in [6.45, 7) is -0.0567. The van der Waals surface area contributed by atoms with Gasteiger partial charge in [-0.3, -0.25) is 4.67 Å². The lowest BCUT2D eigenvalue weighted by atomic mass is 10.0. The van der Waals surface area contributed by atoms with Gasteiger partial charge in [-0.25, -0.2) is 9.97 Å². The Morgan fingerprint density at radius 1 is 1.22 bits per heavy atom. The Bertz CT molecular complexity index is 720. The fourth-order valence-electron chi connectivity index (χ4n) is 3.09. The first-order chi connectivity index (χ1) is 11.0. The van der Waals surface area contributed by atoms with E-state index in [0.717, 1.165) is 16.6 Å². The molecule has 12 heteroatoms. The van der Waals surface area contributed by atoms with Crippen LogP contribution >= 0.6 is 49.3 Å². The number of aromatic nitrogens is 3. The van der Waals surface area contributed by atoms with Crippen molar-refractivity contribution in [2.24, 2.45) is 0 Å². The van der Waals surface area contributed by atoms with Gasteiger partial charge in [0, 0.05) is 30.7 Å². The molecule has 0 bridgehead atoms. The summed E-state index contributed by atoms with van der Waals surface area (Å²) in [5.74, 6) is 0. The van der Waals surface area contributed by atoms with Crippen molar-refractivity contribution in [3.8, 4) is 0 Å². The molecule has 4 unspecified atom stereocenters. The summed E-state index contributed by atoms with van der Waals surface area (Å²) in [7, 11) is 9.76. The molecule has 0 aromatic carbocycles. The van der Waals surface area contributed by atoms with Gasteiger partial charge in [0.15, 0.2) is 5.15 Å². The standard InChI is InChI=1S/C11H17ClN4O3P4/c12-11-8-6(13-3-14-11)4(1-15(8)20)7-10(19-23)9(18-22)5(2-17)16(7)21/h1,3,5,7,9-10,17H,2,20-23H2/t5-,7+,9-,10+/m1/s1. The molecule has 1 saturated heterocycles. The number of halogens is 1.